The molecule has 0 aliphatic heterocycles. The fourth-order valence-electron chi connectivity index (χ4n) is 2.76. The monoisotopic (exact) mass is 331 g/mol. The topological polar surface area (TPSA) is 18.5 Å². The van der Waals surface area contributed by atoms with Gasteiger partial charge in [0.05, 0.1) is 6.07 Å². The zero-order chi connectivity index (χ0) is 17.9. The molecule has 0 N–H and O–H groups in total. The molecule has 0 aliphatic rings. The van der Waals surface area contributed by atoms with Gasteiger partial charge in [-0.2, -0.15) is 0 Å². The zero-order valence-corrected chi connectivity index (χ0v) is 15.2. The average molecular weight is 331 g/mol. The largest absolute Gasteiger partial charge is 0.457 e. The second-order valence-electron chi connectivity index (χ2n) is 7.08. The average Bonchev–Trinajstić information content (AvgIpc) is 2.58. The molecular formula is C23H23O2. The molecule has 1 radical (unpaired) electrons. The van der Waals surface area contributed by atoms with Crippen LogP contribution in [0, 0.1) is 13.0 Å². The standard InChI is InChI=1S/C23H23O2/c1-17-21(23(2,3)4)15-20(24-18-11-7-5-8-12-18)16-22(17)25-19-13-9-6-10-14-19/h5-15H,1-4H3. The first-order valence-electron chi connectivity index (χ1n) is 8.47. The summed E-state index contributed by atoms with van der Waals surface area (Å²) in [6.45, 7) is 8.64. The van der Waals surface area contributed by atoms with E-state index in [4.69, 9.17) is 9.47 Å². The van der Waals surface area contributed by atoms with Crippen molar-refractivity contribution in [3.63, 3.8) is 0 Å². The summed E-state index contributed by atoms with van der Waals surface area (Å²) >= 11 is 0. The van der Waals surface area contributed by atoms with Crippen molar-refractivity contribution in [1.29, 1.82) is 0 Å². The van der Waals surface area contributed by atoms with Crippen molar-refractivity contribution >= 4 is 0 Å². The molecule has 2 nitrogen and oxygen atoms in total. The van der Waals surface area contributed by atoms with Gasteiger partial charge < -0.3 is 9.47 Å². The van der Waals surface area contributed by atoms with Crippen LogP contribution in [0.5, 0.6) is 23.0 Å². The fourth-order valence-corrected chi connectivity index (χ4v) is 2.76. The van der Waals surface area contributed by atoms with E-state index in [9.17, 15) is 0 Å². The van der Waals surface area contributed by atoms with Crippen molar-refractivity contribution in [3.05, 3.63) is 83.9 Å². The minimum absolute atomic E-state index is 0.0250. The fraction of sp³-hybridized carbons (Fsp3) is 0.217. The summed E-state index contributed by atoms with van der Waals surface area (Å²) in [5, 5.41) is 0. The summed E-state index contributed by atoms with van der Waals surface area (Å²) < 4.78 is 12.1. The smallest absolute Gasteiger partial charge is 0.142 e. The highest BCUT2D eigenvalue weighted by atomic mass is 16.5. The predicted octanol–water partition coefficient (Wildman–Crippen LogP) is 6.68. The Balaban J connectivity index is 2.02. The molecule has 25 heavy (non-hydrogen) atoms. The van der Waals surface area contributed by atoms with Gasteiger partial charge in [0.15, 0.2) is 0 Å². The maximum atomic E-state index is 6.09. The molecule has 127 valence electrons. The van der Waals surface area contributed by atoms with Gasteiger partial charge in [-0.3, -0.25) is 0 Å². The molecule has 3 aromatic rings. The Kier molecular flexibility index (Phi) is 4.80. The van der Waals surface area contributed by atoms with Gasteiger partial charge in [-0.15, -0.1) is 0 Å². The van der Waals surface area contributed by atoms with Crippen molar-refractivity contribution in [3.8, 4) is 23.0 Å². The highest BCUT2D eigenvalue weighted by Gasteiger charge is 2.21. The Labute approximate surface area is 150 Å². The Morgan fingerprint density at radius 3 is 1.80 bits per heavy atom. The Morgan fingerprint density at radius 1 is 0.760 bits per heavy atom. The number of benzene rings is 3. The Morgan fingerprint density at radius 2 is 1.28 bits per heavy atom. The Hall–Kier alpha value is -2.74. The molecule has 0 amide bonds. The first-order chi connectivity index (χ1) is 11.9. The molecule has 0 saturated carbocycles. The molecule has 0 aliphatic carbocycles. The number of rotatable bonds is 4. The molecule has 2 heteroatoms. The molecule has 0 bridgehead atoms. The Bertz CT molecular complexity index is 831. The normalized spacial score (nSPS) is 11.2. The van der Waals surface area contributed by atoms with Gasteiger partial charge in [-0.05, 0) is 53.8 Å². The molecule has 0 atom stereocenters. The van der Waals surface area contributed by atoms with E-state index in [1.54, 1.807) is 0 Å². The highest BCUT2D eigenvalue weighted by Crippen LogP contribution is 2.38. The molecule has 0 spiro atoms. The van der Waals surface area contributed by atoms with E-state index in [-0.39, 0.29) is 5.41 Å². The van der Waals surface area contributed by atoms with E-state index in [1.807, 2.05) is 60.7 Å². The minimum atomic E-state index is -0.0250. The lowest BCUT2D eigenvalue weighted by atomic mass is 9.83. The summed E-state index contributed by atoms with van der Waals surface area (Å²) in [4.78, 5) is 0. The van der Waals surface area contributed by atoms with Crippen molar-refractivity contribution in [1.82, 2.24) is 0 Å². The van der Waals surface area contributed by atoms with Crippen molar-refractivity contribution < 1.29 is 9.47 Å². The highest BCUT2D eigenvalue weighted by molar-refractivity contribution is 5.50. The molecule has 0 fully saturated rings. The van der Waals surface area contributed by atoms with Crippen LogP contribution in [-0.4, -0.2) is 0 Å². The van der Waals surface area contributed by atoms with Gasteiger partial charge in [0, 0.05) is 0 Å². The van der Waals surface area contributed by atoms with Crippen LogP contribution < -0.4 is 9.47 Å². The first-order valence-corrected chi connectivity index (χ1v) is 8.47. The molecule has 3 aromatic carbocycles. The lowest BCUT2D eigenvalue weighted by Gasteiger charge is -2.24. The second kappa shape index (κ2) is 7.02. The zero-order valence-electron chi connectivity index (χ0n) is 15.2. The SMILES string of the molecule is Cc1c(Oc2ccccc2)[c]c(Oc2ccccc2)cc1C(C)(C)C. The van der Waals surface area contributed by atoms with Crippen molar-refractivity contribution in [2.75, 3.05) is 0 Å². The van der Waals surface area contributed by atoms with Gasteiger partial charge in [0.25, 0.3) is 0 Å². The van der Waals surface area contributed by atoms with E-state index in [0.717, 1.165) is 17.1 Å². The summed E-state index contributed by atoms with van der Waals surface area (Å²) in [5.41, 5.74) is 2.24. The van der Waals surface area contributed by atoms with Gasteiger partial charge in [0.2, 0.25) is 0 Å². The van der Waals surface area contributed by atoms with E-state index < -0.39 is 0 Å². The van der Waals surface area contributed by atoms with Crippen LogP contribution in [0.1, 0.15) is 31.9 Å². The van der Waals surface area contributed by atoms with E-state index >= 15 is 0 Å². The van der Waals surface area contributed by atoms with Gasteiger partial charge in [0.1, 0.15) is 23.0 Å². The van der Waals surface area contributed by atoms with Crippen LogP contribution >= 0.6 is 0 Å². The van der Waals surface area contributed by atoms with E-state index in [0.29, 0.717) is 11.5 Å². The van der Waals surface area contributed by atoms with Gasteiger partial charge in [-0.1, -0.05) is 57.2 Å². The maximum absolute atomic E-state index is 6.09. The summed E-state index contributed by atoms with van der Waals surface area (Å²) in [6, 6.07) is 24.8. The van der Waals surface area contributed by atoms with Crippen LogP contribution in [0.3, 0.4) is 0 Å². The van der Waals surface area contributed by atoms with E-state index in [1.165, 1.54) is 5.56 Å². The van der Waals surface area contributed by atoms with Gasteiger partial charge in [-0.25, -0.2) is 0 Å². The van der Waals surface area contributed by atoms with E-state index in [2.05, 4.69) is 39.8 Å². The van der Waals surface area contributed by atoms with Crippen LogP contribution in [0.15, 0.2) is 66.7 Å². The molecule has 0 saturated heterocycles. The van der Waals surface area contributed by atoms with Crippen LogP contribution in [-0.2, 0) is 5.41 Å². The van der Waals surface area contributed by atoms with Crippen LogP contribution in [0.2, 0.25) is 0 Å². The lowest BCUT2D eigenvalue weighted by molar-refractivity contribution is 0.449. The lowest BCUT2D eigenvalue weighted by Crippen LogP contribution is -2.14. The predicted molar refractivity (Wildman–Crippen MR) is 102 cm³/mol. The van der Waals surface area contributed by atoms with Crippen molar-refractivity contribution in [2.45, 2.75) is 33.1 Å². The third-order valence-electron chi connectivity index (χ3n) is 4.00. The molecular weight excluding hydrogens is 308 g/mol. The summed E-state index contributed by atoms with van der Waals surface area (Å²) in [5.74, 6) is 2.93. The number of hydrogen-bond donors (Lipinski definition) is 0. The second-order valence-corrected chi connectivity index (χ2v) is 7.08. The molecule has 3 rings (SSSR count). The van der Waals surface area contributed by atoms with Crippen molar-refractivity contribution in [2.24, 2.45) is 0 Å². The summed E-state index contributed by atoms with van der Waals surface area (Å²) in [7, 11) is 0. The van der Waals surface area contributed by atoms with Crippen LogP contribution in [0.4, 0.5) is 0 Å². The first kappa shape index (κ1) is 17.1. The molecule has 0 heterocycles. The van der Waals surface area contributed by atoms with Gasteiger partial charge >= 0.3 is 0 Å². The number of ether oxygens (including phenoxy) is 2. The van der Waals surface area contributed by atoms with Crippen LogP contribution in [0.25, 0.3) is 0 Å². The quantitative estimate of drug-likeness (QED) is 0.531. The summed E-state index contributed by atoms with van der Waals surface area (Å²) in [6.07, 6.45) is 0. The third-order valence-corrected chi connectivity index (χ3v) is 4.00. The molecule has 0 unspecified atom stereocenters. The maximum Gasteiger partial charge on any atom is 0.142 e. The minimum Gasteiger partial charge on any atom is -0.457 e. The third kappa shape index (κ3) is 4.21. The number of hydrogen-bond acceptors (Lipinski definition) is 2. The number of para-hydroxylation sites is 2. The molecule has 0 aromatic heterocycles.